The fourth-order valence-corrected chi connectivity index (χ4v) is 8.22. The van der Waals surface area contributed by atoms with Crippen molar-refractivity contribution in [1.29, 1.82) is 0 Å². The summed E-state index contributed by atoms with van der Waals surface area (Å²) in [5.41, 5.74) is 6.07. The Labute approximate surface area is 281 Å². The summed E-state index contributed by atoms with van der Waals surface area (Å²) in [6.07, 6.45) is 3.93. The van der Waals surface area contributed by atoms with Crippen LogP contribution in [-0.4, -0.2) is 55.6 Å². The van der Waals surface area contributed by atoms with Crippen LogP contribution in [0.5, 0.6) is 0 Å². The smallest absolute Gasteiger partial charge is 0.356 e. The van der Waals surface area contributed by atoms with Crippen molar-refractivity contribution in [3.63, 3.8) is 0 Å². The number of hydrogen-bond acceptors (Lipinski definition) is 7. The molecule has 2 aliphatic rings. The summed E-state index contributed by atoms with van der Waals surface area (Å²) in [7, 11) is -6.32. The van der Waals surface area contributed by atoms with E-state index in [1.165, 1.54) is 24.9 Å². The third kappa shape index (κ3) is 6.92. The van der Waals surface area contributed by atoms with Gasteiger partial charge in [-0.05, 0) is 49.6 Å². The van der Waals surface area contributed by atoms with Crippen molar-refractivity contribution in [3.05, 3.63) is 77.5 Å². The molecule has 0 saturated carbocycles. The number of aromatic nitrogens is 2. The second-order valence-corrected chi connectivity index (χ2v) is 15.1. The highest BCUT2D eigenvalue weighted by atomic mass is 35.5. The van der Waals surface area contributed by atoms with Crippen LogP contribution in [0.3, 0.4) is 0 Å². The number of rotatable bonds is 9. The van der Waals surface area contributed by atoms with Crippen LogP contribution in [0.1, 0.15) is 37.1 Å². The summed E-state index contributed by atoms with van der Waals surface area (Å²) in [6, 6.07) is 12.0. The SMILES string of the molecule is C=CN1/C(=C\C=C\c2n(C#CN)c3cc(S(=O)(=O)N4CCCCC4)ccc3[n+]2C)N(CCCS(=O)(=O)O)c2cc(C(F)(F)F)c(Cl)cc21. The van der Waals surface area contributed by atoms with E-state index in [9.17, 15) is 34.6 Å². The number of piperidine rings is 1. The molecule has 1 saturated heterocycles. The maximum absolute atomic E-state index is 13.8. The zero-order chi connectivity index (χ0) is 35.0. The first-order chi connectivity index (χ1) is 22.6. The largest absolute Gasteiger partial charge is 0.417 e. The Kier molecular flexibility index (Phi) is 9.91. The summed E-state index contributed by atoms with van der Waals surface area (Å²) >= 11 is 6.03. The van der Waals surface area contributed by atoms with Gasteiger partial charge in [-0.15, -0.1) is 4.57 Å². The number of alkyl halides is 3. The lowest BCUT2D eigenvalue weighted by molar-refractivity contribution is -0.647. The van der Waals surface area contributed by atoms with Crippen molar-refractivity contribution < 1.29 is 39.1 Å². The molecule has 0 amide bonds. The number of halogens is 4. The molecule has 11 nitrogen and oxygen atoms in total. The van der Waals surface area contributed by atoms with Gasteiger partial charge in [0.05, 0.1) is 45.7 Å². The Morgan fingerprint density at radius 3 is 2.44 bits per heavy atom. The molecule has 3 aromatic rings. The number of hydrogen-bond donors (Lipinski definition) is 2. The molecule has 0 atom stereocenters. The van der Waals surface area contributed by atoms with Crippen molar-refractivity contribution in [1.82, 2.24) is 8.87 Å². The van der Waals surface area contributed by atoms with E-state index in [2.05, 4.69) is 18.7 Å². The van der Waals surface area contributed by atoms with Gasteiger partial charge in [0.2, 0.25) is 10.0 Å². The van der Waals surface area contributed by atoms with Gasteiger partial charge >= 0.3 is 6.18 Å². The lowest BCUT2D eigenvalue weighted by atomic mass is 10.1. The predicted molar refractivity (Wildman–Crippen MR) is 178 cm³/mol. The van der Waals surface area contributed by atoms with Crippen LogP contribution < -0.4 is 20.1 Å². The van der Waals surface area contributed by atoms with E-state index in [1.807, 2.05) is 0 Å². The number of fused-ring (bicyclic) bond motifs is 2. The number of nitrogens with zero attached hydrogens (tertiary/aromatic N) is 5. The first-order valence-electron chi connectivity index (χ1n) is 14.8. The number of benzene rings is 2. The fraction of sp³-hybridized carbons (Fsp3) is 0.323. The van der Waals surface area contributed by atoms with E-state index in [0.29, 0.717) is 35.8 Å². The molecule has 5 rings (SSSR count). The van der Waals surface area contributed by atoms with Crippen LogP contribution in [0.25, 0.3) is 17.1 Å². The van der Waals surface area contributed by atoms with Crippen LogP contribution in [0.4, 0.5) is 24.5 Å². The van der Waals surface area contributed by atoms with E-state index < -0.39 is 42.7 Å². The minimum absolute atomic E-state index is 0.0727. The van der Waals surface area contributed by atoms with Gasteiger partial charge in [-0.2, -0.15) is 25.9 Å². The van der Waals surface area contributed by atoms with Gasteiger partial charge in [0.15, 0.2) is 11.0 Å². The van der Waals surface area contributed by atoms with E-state index in [4.69, 9.17) is 17.3 Å². The third-order valence-corrected chi connectivity index (χ3v) is 11.2. The second kappa shape index (κ2) is 13.5. The maximum Gasteiger partial charge on any atom is 0.417 e. The molecule has 3 N–H and O–H groups in total. The molecule has 0 aliphatic carbocycles. The summed E-state index contributed by atoms with van der Waals surface area (Å²) in [5, 5.41) is -0.527. The average molecular weight is 726 g/mol. The molecular weight excluding hydrogens is 693 g/mol. The average Bonchev–Trinajstić information content (AvgIpc) is 3.45. The number of imidazole rings is 1. The Bertz CT molecular complexity index is 2110. The zero-order valence-electron chi connectivity index (χ0n) is 25.8. The summed E-state index contributed by atoms with van der Waals surface area (Å²) in [6.45, 7) is 4.62. The van der Waals surface area contributed by atoms with Crippen molar-refractivity contribution >= 4 is 60.2 Å². The molecule has 3 heterocycles. The predicted octanol–water partition coefficient (Wildman–Crippen LogP) is 4.64. The van der Waals surface area contributed by atoms with Gasteiger partial charge < -0.3 is 15.5 Å². The van der Waals surface area contributed by atoms with Crippen LogP contribution in [0, 0.1) is 12.1 Å². The number of aryl methyl sites for hydroxylation is 1. The van der Waals surface area contributed by atoms with Crippen LogP contribution in [-0.2, 0) is 33.4 Å². The number of allylic oxidation sites excluding steroid dienone is 2. The van der Waals surface area contributed by atoms with Crippen molar-refractivity contribution in [2.24, 2.45) is 12.8 Å². The second-order valence-electron chi connectivity index (χ2n) is 11.2. The van der Waals surface area contributed by atoms with E-state index >= 15 is 0 Å². The van der Waals surface area contributed by atoms with Gasteiger partial charge in [-0.3, -0.25) is 4.55 Å². The number of anilines is 2. The highest BCUT2D eigenvalue weighted by Gasteiger charge is 2.38. The lowest BCUT2D eigenvalue weighted by Gasteiger charge is -2.25. The number of nitrogens with two attached hydrogens (primary N) is 1. The summed E-state index contributed by atoms with van der Waals surface area (Å²) in [4.78, 5) is 3.10. The summed E-state index contributed by atoms with van der Waals surface area (Å²) < 4.78 is 105. The number of sulfonamides is 1. The Morgan fingerprint density at radius 1 is 1.10 bits per heavy atom. The van der Waals surface area contributed by atoms with Crippen LogP contribution >= 0.6 is 11.6 Å². The molecule has 256 valence electrons. The van der Waals surface area contributed by atoms with Crippen molar-refractivity contribution in [2.45, 2.75) is 36.8 Å². The zero-order valence-corrected chi connectivity index (χ0v) is 28.2. The quantitative estimate of drug-likeness (QED) is 0.141. The van der Waals surface area contributed by atoms with Gasteiger partial charge in [0, 0.05) is 38.0 Å². The molecule has 2 aromatic carbocycles. The molecule has 0 spiro atoms. The van der Waals surface area contributed by atoms with Crippen molar-refractivity contribution in [3.8, 4) is 12.1 Å². The monoisotopic (exact) mass is 725 g/mol. The molecular formula is C31H33ClF3N6O5S2+. The van der Waals surface area contributed by atoms with E-state index in [0.717, 1.165) is 31.4 Å². The Balaban J connectivity index is 1.58. The standard InChI is InChI=1S/C31H32ClF3N6O5S2/c1-3-39-28-21-24(32)23(31(33,34)35)20-27(28)40(16-8-18-47(42,43)44)30(39)10-7-9-29-37(2)25-12-11-22(19-26(25)41(29)17-13-36)48(45,46)38-14-5-4-6-15-38/h3,7,9-12,19-21H,1,4-6,8,14-16,18,36H2,2H3/p+1. The highest BCUT2D eigenvalue weighted by molar-refractivity contribution is 7.89. The molecule has 1 fully saturated rings. The van der Waals surface area contributed by atoms with Gasteiger partial charge in [-0.1, -0.05) is 30.7 Å². The van der Waals surface area contributed by atoms with E-state index in [1.54, 1.807) is 48.0 Å². The minimum Gasteiger partial charge on any atom is -0.356 e. The Morgan fingerprint density at radius 2 is 1.81 bits per heavy atom. The maximum atomic E-state index is 13.8. The topological polar surface area (TPSA) is 133 Å². The van der Waals surface area contributed by atoms with Crippen LogP contribution in [0.15, 0.2) is 66.0 Å². The molecule has 17 heteroatoms. The molecule has 2 aliphatic heterocycles. The van der Waals surface area contributed by atoms with Gasteiger partial charge in [-0.25, -0.2) is 13.0 Å². The van der Waals surface area contributed by atoms with Crippen molar-refractivity contribution in [2.75, 3.05) is 35.2 Å². The first-order valence-corrected chi connectivity index (χ1v) is 18.2. The molecule has 0 radical (unpaired) electrons. The van der Waals surface area contributed by atoms with Gasteiger partial charge in [0.1, 0.15) is 11.9 Å². The Hall–Kier alpha value is -4.01. The summed E-state index contributed by atoms with van der Waals surface area (Å²) in [5.74, 6) is 0.208. The lowest BCUT2D eigenvalue weighted by Crippen LogP contribution is -2.35. The molecule has 48 heavy (non-hydrogen) atoms. The van der Waals surface area contributed by atoms with Gasteiger partial charge in [0.25, 0.3) is 15.9 Å². The fourth-order valence-electron chi connectivity index (χ4n) is 5.92. The molecule has 0 bridgehead atoms. The first kappa shape index (κ1) is 35.3. The van der Waals surface area contributed by atoms with Crippen LogP contribution in [0.2, 0.25) is 5.02 Å². The third-order valence-electron chi connectivity index (χ3n) is 8.15. The normalized spacial score (nSPS) is 16.9. The van der Waals surface area contributed by atoms with E-state index in [-0.39, 0.29) is 29.2 Å². The minimum atomic E-state index is -4.75. The highest BCUT2D eigenvalue weighted by Crippen LogP contribution is 2.48. The molecule has 1 aromatic heterocycles. The molecule has 0 unspecified atom stereocenters.